The SMILES string of the molecule is Cc1cc(NCS(=O)(=O)O)ccc1N=Nc1ccc(N=Nc2ccccc2S(=O)(=O)O)c2ccc(S(=O)(=O)O)cc12. The number of aryl methyl sites for hydroxylation is 1. The fourth-order valence-corrected chi connectivity index (χ4v) is 5.14. The maximum Gasteiger partial charge on any atom is 0.296 e. The number of fused-ring (bicyclic) bond motifs is 1. The Morgan fingerprint density at radius 1 is 0.634 bits per heavy atom. The van der Waals surface area contributed by atoms with E-state index in [0.717, 1.165) is 12.1 Å². The Hall–Kier alpha value is -4.13. The summed E-state index contributed by atoms with van der Waals surface area (Å²) in [5.41, 5.74) is 1.65. The lowest BCUT2D eigenvalue weighted by Crippen LogP contribution is -2.12. The minimum Gasteiger partial charge on any atom is -0.370 e. The van der Waals surface area contributed by atoms with Gasteiger partial charge in [-0.2, -0.15) is 30.4 Å². The highest BCUT2D eigenvalue weighted by atomic mass is 32.2. The van der Waals surface area contributed by atoms with Crippen molar-refractivity contribution in [3.63, 3.8) is 0 Å². The van der Waals surface area contributed by atoms with Crippen molar-refractivity contribution in [2.24, 2.45) is 20.5 Å². The van der Waals surface area contributed by atoms with Gasteiger partial charge in [-0.05, 0) is 67.1 Å². The van der Waals surface area contributed by atoms with Crippen molar-refractivity contribution in [3.8, 4) is 0 Å². The molecule has 4 aromatic carbocycles. The van der Waals surface area contributed by atoms with Crippen molar-refractivity contribution >= 4 is 69.6 Å². The fraction of sp³-hybridized carbons (Fsp3) is 0.0833. The van der Waals surface area contributed by atoms with Crippen molar-refractivity contribution in [2.45, 2.75) is 16.7 Å². The van der Waals surface area contributed by atoms with Crippen LogP contribution in [0, 0.1) is 6.92 Å². The molecular formula is C24H21N5O9S3. The average Bonchev–Trinajstić information content (AvgIpc) is 2.89. The first-order valence-electron chi connectivity index (χ1n) is 11.4. The second-order valence-electron chi connectivity index (χ2n) is 8.53. The molecule has 214 valence electrons. The van der Waals surface area contributed by atoms with E-state index in [4.69, 9.17) is 4.55 Å². The van der Waals surface area contributed by atoms with E-state index in [9.17, 15) is 34.4 Å². The average molecular weight is 620 g/mol. The highest BCUT2D eigenvalue weighted by molar-refractivity contribution is 7.86. The summed E-state index contributed by atoms with van der Waals surface area (Å²) in [5, 5.41) is 19.6. The molecule has 0 radical (unpaired) electrons. The van der Waals surface area contributed by atoms with E-state index in [1.165, 1.54) is 48.5 Å². The van der Waals surface area contributed by atoms with E-state index in [-0.39, 0.29) is 22.4 Å². The highest BCUT2D eigenvalue weighted by Gasteiger charge is 2.16. The molecule has 0 aliphatic carbocycles. The summed E-state index contributed by atoms with van der Waals surface area (Å²) in [7, 11) is -13.4. The molecule has 0 fully saturated rings. The predicted octanol–water partition coefficient (Wildman–Crippen LogP) is 5.73. The van der Waals surface area contributed by atoms with E-state index in [1.807, 2.05) is 0 Å². The van der Waals surface area contributed by atoms with Gasteiger partial charge in [-0.15, -0.1) is 15.3 Å². The Labute approximate surface area is 234 Å². The maximum atomic E-state index is 11.8. The van der Waals surface area contributed by atoms with Crippen molar-refractivity contribution in [1.82, 2.24) is 0 Å². The first-order chi connectivity index (χ1) is 19.1. The van der Waals surface area contributed by atoms with Crippen LogP contribution >= 0.6 is 0 Å². The number of anilines is 1. The zero-order valence-electron chi connectivity index (χ0n) is 20.9. The molecule has 0 spiro atoms. The minimum atomic E-state index is -4.58. The number of benzene rings is 4. The second-order valence-corrected chi connectivity index (χ2v) is 12.8. The molecule has 4 N–H and O–H groups in total. The van der Waals surface area contributed by atoms with Crippen LogP contribution in [0.15, 0.2) is 103 Å². The van der Waals surface area contributed by atoms with Crippen LogP contribution in [0.3, 0.4) is 0 Å². The third kappa shape index (κ3) is 7.54. The molecule has 4 aromatic rings. The molecule has 0 atom stereocenters. The van der Waals surface area contributed by atoms with E-state index < -0.39 is 46.0 Å². The summed E-state index contributed by atoms with van der Waals surface area (Å²) in [4.78, 5) is -0.876. The number of azo groups is 2. The monoisotopic (exact) mass is 619 g/mol. The lowest BCUT2D eigenvalue weighted by molar-refractivity contribution is 0.481. The van der Waals surface area contributed by atoms with Crippen molar-refractivity contribution < 1.29 is 38.9 Å². The molecule has 0 aliphatic rings. The summed E-state index contributed by atoms with van der Waals surface area (Å²) in [6, 6.07) is 16.7. The second kappa shape index (κ2) is 11.4. The molecule has 0 saturated carbocycles. The van der Waals surface area contributed by atoms with Crippen molar-refractivity contribution in [3.05, 3.63) is 78.4 Å². The maximum absolute atomic E-state index is 11.8. The first-order valence-corrected chi connectivity index (χ1v) is 15.8. The van der Waals surface area contributed by atoms with Gasteiger partial charge < -0.3 is 5.32 Å². The number of nitrogens with zero attached hydrogens (tertiary/aromatic N) is 4. The van der Waals surface area contributed by atoms with Crippen LogP contribution in [0.2, 0.25) is 0 Å². The Balaban J connectivity index is 1.76. The molecule has 41 heavy (non-hydrogen) atoms. The molecule has 4 rings (SSSR count). The van der Waals surface area contributed by atoms with Gasteiger partial charge in [0.15, 0.2) is 0 Å². The molecule has 0 saturated heterocycles. The van der Waals surface area contributed by atoms with Gasteiger partial charge in [0.1, 0.15) is 16.5 Å². The molecule has 0 heterocycles. The molecular weight excluding hydrogens is 598 g/mol. The number of hydrogen-bond donors (Lipinski definition) is 4. The van der Waals surface area contributed by atoms with Gasteiger partial charge >= 0.3 is 0 Å². The van der Waals surface area contributed by atoms with Gasteiger partial charge in [0.25, 0.3) is 30.4 Å². The number of nitrogens with one attached hydrogen (secondary N) is 1. The predicted molar refractivity (Wildman–Crippen MR) is 150 cm³/mol. The first kappa shape index (κ1) is 29.8. The number of hydrogen-bond acceptors (Lipinski definition) is 11. The minimum absolute atomic E-state index is 0.133. The fourth-order valence-electron chi connectivity index (χ4n) is 3.66. The summed E-state index contributed by atoms with van der Waals surface area (Å²) in [6.07, 6.45) is 0. The molecule has 0 aromatic heterocycles. The van der Waals surface area contributed by atoms with Gasteiger partial charge in [-0.1, -0.05) is 18.2 Å². The Morgan fingerprint density at radius 2 is 1.22 bits per heavy atom. The van der Waals surface area contributed by atoms with E-state index in [1.54, 1.807) is 19.1 Å². The van der Waals surface area contributed by atoms with Crippen LogP contribution in [0.4, 0.5) is 28.4 Å². The topological polar surface area (TPSA) is 225 Å². The van der Waals surface area contributed by atoms with Crippen LogP contribution in [0.25, 0.3) is 10.8 Å². The van der Waals surface area contributed by atoms with Crippen LogP contribution in [0.5, 0.6) is 0 Å². The number of rotatable bonds is 9. The van der Waals surface area contributed by atoms with E-state index in [2.05, 4.69) is 25.8 Å². The van der Waals surface area contributed by atoms with Gasteiger partial charge in [-0.3, -0.25) is 13.7 Å². The summed E-state index contributed by atoms with van der Waals surface area (Å²) in [5.74, 6) is -0.680. The lowest BCUT2D eigenvalue weighted by atomic mass is 10.1. The molecule has 17 heteroatoms. The quantitative estimate of drug-likeness (QED) is 0.131. The smallest absolute Gasteiger partial charge is 0.296 e. The van der Waals surface area contributed by atoms with Gasteiger partial charge in [0.2, 0.25) is 0 Å². The molecule has 0 amide bonds. The van der Waals surface area contributed by atoms with Crippen LogP contribution in [-0.2, 0) is 30.4 Å². The summed E-state index contributed by atoms with van der Waals surface area (Å²) < 4.78 is 96.8. The summed E-state index contributed by atoms with van der Waals surface area (Å²) >= 11 is 0. The van der Waals surface area contributed by atoms with Crippen molar-refractivity contribution in [2.75, 3.05) is 11.2 Å². The molecule has 0 aliphatic heterocycles. The van der Waals surface area contributed by atoms with Gasteiger partial charge in [0, 0.05) is 16.5 Å². The van der Waals surface area contributed by atoms with E-state index >= 15 is 0 Å². The standard InChI is InChI=1S/C24H21N5O9S3/c1-15-12-16(25-14-39(30,31)32)6-9-20(15)26-28-22-11-10-21(18-8-7-17(13-19(18)22)40(33,34)35)27-29-23-4-2-3-5-24(23)41(36,37)38/h2-13,25H,14H2,1H3,(H,30,31,32)(H,33,34,35)(H,36,37,38). The Kier molecular flexibility index (Phi) is 8.29. The van der Waals surface area contributed by atoms with Gasteiger partial charge in [0.05, 0.1) is 22.0 Å². The molecule has 14 nitrogen and oxygen atoms in total. The van der Waals surface area contributed by atoms with Crippen LogP contribution in [0.1, 0.15) is 5.56 Å². The zero-order valence-corrected chi connectivity index (χ0v) is 23.4. The largest absolute Gasteiger partial charge is 0.370 e. The van der Waals surface area contributed by atoms with Crippen LogP contribution < -0.4 is 5.32 Å². The molecule has 0 bridgehead atoms. The third-order valence-electron chi connectivity index (χ3n) is 5.57. The third-order valence-corrected chi connectivity index (χ3v) is 7.83. The van der Waals surface area contributed by atoms with Gasteiger partial charge in [-0.25, -0.2) is 0 Å². The summed E-state index contributed by atoms with van der Waals surface area (Å²) in [6.45, 7) is 1.69. The lowest BCUT2D eigenvalue weighted by Gasteiger charge is -2.08. The Morgan fingerprint density at radius 3 is 1.83 bits per heavy atom. The zero-order chi connectivity index (χ0) is 30.0. The molecule has 0 unspecified atom stereocenters. The highest BCUT2D eigenvalue weighted by Crippen LogP contribution is 2.37. The van der Waals surface area contributed by atoms with Crippen LogP contribution in [-0.4, -0.2) is 44.8 Å². The van der Waals surface area contributed by atoms with E-state index in [0.29, 0.717) is 22.3 Å². The van der Waals surface area contributed by atoms with Crippen molar-refractivity contribution in [1.29, 1.82) is 0 Å². The Bertz CT molecular complexity index is 2040. The normalized spacial score (nSPS) is 12.9.